The van der Waals surface area contributed by atoms with Crippen LogP contribution in [-0.4, -0.2) is 27.7 Å². The number of halogens is 1. The first kappa shape index (κ1) is 20.7. The summed E-state index contributed by atoms with van der Waals surface area (Å²) < 4.78 is 36.2. The highest BCUT2D eigenvalue weighted by molar-refractivity contribution is 7.89. The third-order valence-electron chi connectivity index (χ3n) is 3.96. The van der Waals surface area contributed by atoms with E-state index in [0.29, 0.717) is 33.4 Å². The van der Waals surface area contributed by atoms with E-state index in [4.69, 9.17) is 21.1 Å². The van der Waals surface area contributed by atoms with E-state index in [1.54, 1.807) is 49.6 Å². The number of hydrogen-bond donors (Lipinski definition) is 1. The molecule has 0 atom stereocenters. The molecule has 150 valence electrons. The van der Waals surface area contributed by atoms with Gasteiger partial charge in [0.05, 0.1) is 13.4 Å². The van der Waals surface area contributed by atoms with Crippen molar-refractivity contribution in [2.45, 2.75) is 0 Å². The number of hydrogen-bond acceptors (Lipinski definition) is 5. The van der Waals surface area contributed by atoms with E-state index in [1.807, 2.05) is 22.9 Å². The normalized spacial score (nSPS) is 11.0. The summed E-state index contributed by atoms with van der Waals surface area (Å²) in [7, 11) is -2.15. The Hall–Kier alpha value is -3.03. The Morgan fingerprint density at radius 1 is 0.931 bits per heavy atom. The summed E-state index contributed by atoms with van der Waals surface area (Å²) in [6, 6.07) is 18.8. The Morgan fingerprint density at radius 2 is 1.62 bits per heavy atom. The summed E-state index contributed by atoms with van der Waals surface area (Å²) in [5, 5.41) is 0.579. The number of para-hydroxylation sites is 1. The molecule has 0 unspecified atom stereocenters. The van der Waals surface area contributed by atoms with Gasteiger partial charge in [0.15, 0.2) is 0 Å². The summed E-state index contributed by atoms with van der Waals surface area (Å²) in [4.78, 5) is 12.3. The molecule has 0 aliphatic carbocycles. The van der Waals surface area contributed by atoms with Gasteiger partial charge in [-0.25, -0.2) is 13.1 Å². The van der Waals surface area contributed by atoms with Crippen LogP contribution in [0.25, 0.3) is 11.1 Å². The lowest BCUT2D eigenvalue weighted by atomic mass is 10.0. The largest absolute Gasteiger partial charge is 0.496 e. The number of nitrogens with one attached hydrogen (secondary N) is 1. The molecular formula is C21H18ClNO5S. The van der Waals surface area contributed by atoms with E-state index in [0.717, 1.165) is 6.26 Å². The van der Waals surface area contributed by atoms with E-state index in [9.17, 15) is 13.2 Å². The minimum absolute atomic E-state index is 0.166. The van der Waals surface area contributed by atoms with Gasteiger partial charge in [-0.05, 0) is 48.5 Å². The Bertz CT molecular complexity index is 1140. The smallest absolute Gasteiger partial charge is 0.264 e. The number of benzene rings is 3. The van der Waals surface area contributed by atoms with Gasteiger partial charge >= 0.3 is 0 Å². The van der Waals surface area contributed by atoms with Crippen LogP contribution in [0.1, 0.15) is 10.4 Å². The van der Waals surface area contributed by atoms with Crippen molar-refractivity contribution >= 4 is 27.5 Å². The van der Waals surface area contributed by atoms with Crippen LogP contribution in [0.2, 0.25) is 5.02 Å². The standard InChI is InChI=1S/C21H18ClNO5S/c1-27-19-6-4-3-5-17(19)18-13-14(21(24)23-29(2,25)26)7-12-20(18)28-16-10-8-15(22)9-11-16/h3-13H,1-2H3,(H,23,24). The summed E-state index contributed by atoms with van der Waals surface area (Å²) in [6.07, 6.45) is 0.921. The van der Waals surface area contributed by atoms with E-state index in [2.05, 4.69) is 0 Å². The summed E-state index contributed by atoms with van der Waals surface area (Å²) in [5.41, 5.74) is 1.42. The van der Waals surface area contributed by atoms with Crippen molar-refractivity contribution in [3.05, 3.63) is 77.3 Å². The Kier molecular flexibility index (Phi) is 6.10. The molecule has 1 N–H and O–H groups in total. The van der Waals surface area contributed by atoms with Crippen LogP contribution in [0.15, 0.2) is 66.7 Å². The predicted molar refractivity (Wildman–Crippen MR) is 112 cm³/mol. The molecule has 6 nitrogen and oxygen atoms in total. The molecule has 3 aromatic rings. The lowest BCUT2D eigenvalue weighted by Crippen LogP contribution is -2.29. The Morgan fingerprint density at radius 3 is 2.28 bits per heavy atom. The van der Waals surface area contributed by atoms with Gasteiger partial charge in [-0.3, -0.25) is 4.79 Å². The van der Waals surface area contributed by atoms with Gasteiger partial charge in [0, 0.05) is 21.7 Å². The number of methoxy groups -OCH3 is 1. The second-order valence-electron chi connectivity index (χ2n) is 6.17. The van der Waals surface area contributed by atoms with Crippen molar-refractivity contribution in [1.82, 2.24) is 4.72 Å². The van der Waals surface area contributed by atoms with Gasteiger partial charge in [0.1, 0.15) is 17.2 Å². The van der Waals surface area contributed by atoms with Crippen LogP contribution < -0.4 is 14.2 Å². The van der Waals surface area contributed by atoms with Crippen molar-refractivity contribution in [3.63, 3.8) is 0 Å². The topological polar surface area (TPSA) is 81.7 Å². The SMILES string of the molecule is COc1ccccc1-c1cc(C(=O)NS(C)(=O)=O)ccc1Oc1ccc(Cl)cc1. The maximum absolute atomic E-state index is 12.3. The van der Waals surface area contributed by atoms with Crippen LogP contribution in [0, 0.1) is 0 Å². The summed E-state index contributed by atoms with van der Waals surface area (Å²) >= 11 is 5.92. The van der Waals surface area contributed by atoms with Gasteiger partial charge in [-0.1, -0.05) is 29.8 Å². The monoisotopic (exact) mass is 431 g/mol. The molecule has 1 amide bonds. The number of carbonyl (C=O) groups is 1. The molecule has 0 bridgehead atoms. The molecule has 29 heavy (non-hydrogen) atoms. The second kappa shape index (κ2) is 8.55. The zero-order chi connectivity index (χ0) is 21.0. The molecule has 0 heterocycles. The van der Waals surface area contributed by atoms with Crippen LogP contribution >= 0.6 is 11.6 Å². The fourth-order valence-corrected chi connectivity index (χ4v) is 3.28. The Labute approximate surface area is 174 Å². The van der Waals surface area contributed by atoms with Crippen LogP contribution in [-0.2, 0) is 10.0 Å². The molecule has 8 heteroatoms. The van der Waals surface area contributed by atoms with Gasteiger partial charge < -0.3 is 9.47 Å². The fraction of sp³-hybridized carbons (Fsp3) is 0.0952. The first-order valence-corrected chi connectivity index (χ1v) is 10.8. The molecule has 0 radical (unpaired) electrons. The third kappa shape index (κ3) is 5.28. The number of ether oxygens (including phenoxy) is 2. The van der Waals surface area contributed by atoms with Crippen molar-refractivity contribution in [2.24, 2.45) is 0 Å². The molecule has 3 aromatic carbocycles. The number of amides is 1. The minimum Gasteiger partial charge on any atom is -0.496 e. The molecular weight excluding hydrogens is 414 g/mol. The predicted octanol–water partition coefficient (Wildman–Crippen LogP) is 4.50. The quantitative estimate of drug-likeness (QED) is 0.621. The minimum atomic E-state index is -3.69. The second-order valence-corrected chi connectivity index (χ2v) is 8.36. The van der Waals surface area contributed by atoms with Crippen LogP contribution in [0.3, 0.4) is 0 Å². The van der Waals surface area contributed by atoms with Gasteiger partial charge in [-0.15, -0.1) is 0 Å². The zero-order valence-electron chi connectivity index (χ0n) is 15.7. The van der Waals surface area contributed by atoms with Crippen molar-refractivity contribution in [2.75, 3.05) is 13.4 Å². The fourth-order valence-electron chi connectivity index (χ4n) is 2.69. The third-order valence-corrected chi connectivity index (χ3v) is 4.77. The molecule has 0 spiro atoms. The number of sulfonamides is 1. The first-order valence-electron chi connectivity index (χ1n) is 8.50. The molecule has 0 saturated heterocycles. The van der Waals surface area contributed by atoms with E-state index in [-0.39, 0.29) is 5.56 Å². The Balaban J connectivity index is 2.10. The van der Waals surface area contributed by atoms with Crippen LogP contribution in [0.5, 0.6) is 17.2 Å². The molecule has 0 fully saturated rings. The molecule has 0 aliphatic heterocycles. The highest BCUT2D eigenvalue weighted by Gasteiger charge is 2.17. The highest BCUT2D eigenvalue weighted by atomic mass is 35.5. The van der Waals surface area contributed by atoms with Crippen molar-refractivity contribution < 1.29 is 22.7 Å². The van der Waals surface area contributed by atoms with Gasteiger partial charge in [0.25, 0.3) is 5.91 Å². The number of rotatable bonds is 6. The van der Waals surface area contributed by atoms with E-state index >= 15 is 0 Å². The maximum Gasteiger partial charge on any atom is 0.264 e. The molecule has 0 saturated carbocycles. The maximum atomic E-state index is 12.3. The van der Waals surface area contributed by atoms with Crippen molar-refractivity contribution in [1.29, 1.82) is 0 Å². The van der Waals surface area contributed by atoms with Crippen molar-refractivity contribution in [3.8, 4) is 28.4 Å². The molecule has 0 aliphatic rings. The average Bonchev–Trinajstić information content (AvgIpc) is 2.68. The first-order chi connectivity index (χ1) is 13.8. The molecule has 3 rings (SSSR count). The van der Waals surface area contributed by atoms with E-state index in [1.165, 1.54) is 6.07 Å². The lowest BCUT2D eigenvalue weighted by molar-refractivity contribution is 0.0981. The number of carbonyl (C=O) groups excluding carboxylic acids is 1. The zero-order valence-corrected chi connectivity index (χ0v) is 17.3. The average molecular weight is 432 g/mol. The lowest BCUT2D eigenvalue weighted by Gasteiger charge is -2.15. The molecule has 0 aromatic heterocycles. The van der Waals surface area contributed by atoms with Crippen LogP contribution in [0.4, 0.5) is 0 Å². The van der Waals surface area contributed by atoms with Gasteiger partial charge in [-0.2, -0.15) is 0 Å². The van der Waals surface area contributed by atoms with Gasteiger partial charge in [0.2, 0.25) is 10.0 Å². The van der Waals surface area contributed by atoms with E-state index < -0.39 is 15.9 Å². The summed E-state index contributed by atoms with van der Waals surface area (Å²) in [6.45, 7) is 0. The highest BCUT2D eigenvalue weighted by Crippen LogP contribution is 2.39. The summed E-state index contributed by atoms with van der Waals surface area (Å²) in [5.74, 6) is 0.863.